The smallest absolute Gasteiger partial charge is 0.0992 e. The first-order valence-electron chi connectivity index (χ1n) is 7.71. The summed E-state index contributed by atoms with van der Waals surface area (Å²) < 4.78 is 6.95. The van der Waals surface area contributed by atoms with Gasteiger partial charge in [0, 0.05) is 11.6 Å². The molecule has 3 rings (SSSR count). The molecule has 1 fully saturated rings. The summed E-state index contributed by atoms with van der Waals surface area (Å²) >= 11 is 3.61. The van der Waals surface area contributed by atoms with Crippen molar-refractivity contribution in [3.63, 3.8) is 0 Å². The summed E-state index contributed by atoms with van der Waals surface area (Å²) in [6, 6.07) is 6.77. The summed E-state index contributed by atoms with van der Waals surface area (Å²) in [4.78, 5) is 0. The van der Waals surface area contributed by atoms with E-state index in [9.17, 15) is 0 Å². The van der Waals surface area contributed by atoms with Crippen LogP contribution >= 0.6 is 15.9 Å². The molecule has 0 radical (unpaired) electrons. The minimum Gasteiger partial charge on any atom is -0.373 e. The first-order valence-corrected chi connectivity index (χ1v) is 8.50. The van der Waals surface area contributed by atoms with Gasteiger partial charge in [-0.15, -0.1) is 0 Å². The highest BCUT2D eigenvalue weighted by molar-refractivity contribution is 9.10. The number of ether oxygens (including phenoxy) is 1. The molecule has 0 amide bonds. The van der Waals surface area contributed by atoms with Crippen molar-refractivity contribution in [2.45, 2.75) is 45.6 Å². The Morgan fingerprint density at radius 2 is 1.67 bits per heavy atom. The van der Waals surface area contributed by atoms with Gasteiger partial charge in [0.15, 0.2) is 0 Å². The van der Waals surface area contributed by atoms with Crippen LogP contribution in [-0.2, 0) is 17.6 Å². The second kappa shape index (κ2) is 5.73. The standard InChI is InChI=1S/C19H23BrO/c1-4-13-9-19(10-14(5-2)18(13)21-3)11-15-6-7-17(20)8-16(15)12-19/h4-8,18H,9-12H2,1-3H3/b13-4-,14-5+. The highest BCUT2D eigenvalue weighted by Gasteiger charge is 2.43. The summed E-state index contributed by atoms with van der Waals surface area (Å²) in [5, 5.41) is 0. The van der Waals surface area contributed by atoms with Crippen LogP contribution in [0, 0.1) is 5.41 Å². The van der Waals surface area contributed by atoms with Gasteiger partial charge in [0.2, 0.25) is 0 Å². The highest BCUT2D eigenvalue weighted by atomic mass is 79.9. The van der Waals surface area contributed by atoms with E-state index in [1.54, 1.807) is 0 Å². The van der Waals surface area contributed by atoms with Gasteiger partial charge in [-0.05, 0) is 79.4 Å². The molecule has 2 aliphatic carbocycles. The molecule has 2 atom stereocenters. The van der Waals surface area contributed by atoms with E-state index >= 15 is 0 Å². The molecule has 0 saturated heterocycles. The molecule has 0 bridgehead atoms. The molecule has 0 aromatic heterocycles. The maximum absolute atomic E-state index is 5.75. The second-order valence-corrected chi connectivity index (χ2v) is 7.38. The van der Waals surface area contributed by atoms with Crippen LogP contribution in [0.1, 0.15) is 37.8 Å². The third-order valence-corrected chi connectivity index (χ3v) is 5.60. The fourth-order valence-electron chi connectivity index (χ4n) is 4.21. The number of rotatable bonds is 1. The summed E-state index contributed by atoms with van der Waals surface area (Å²) in [5.41, 5.74) is 6.31. The molecular weight excluding hydrogens is 324 g/mol. The lowest BCUT2D eigenvalue weighted by Gasteiger charge is -2.40. The molecule has 0 aliphatic heterocycles. The Bertz CT molecular complexity index is 590. The number of allylic oxidation sites excluding steroid dienone is 2. The lowest BCUT2D eigenvalue weighted by molar-refractivity contribution is 0.115. The Balaban J connectivity index is 1.95. The first kappa shape index (κ1) is 15.1. The van der Waals surface area contributed by atoms with Crippen molar-refractivity contribution >= 4 is 15.9 Å². The van der Waals surface area contributed by atoms with Gasteiger partial charge in [-0.2, -0.15) is 0 Å². The van der Waals surface area contributed by atoms with E-state index in [2.05, 4.69) is 60.1 Å². The monoisotopic (exact) mass is 346 g/mol. The van der Waals surface area contributed by atoms with Crippen molar-refractivity contribution < 1.29 is 4.74 Å². The largest absolute Gasteiger partial charge is 0.373 e. The molecule has 0 heterocycles. The second-order valence-electron chi connectivity index (χ2n) is 6.46. The van der Waals surface area contributed by atoms with Crippen molar-refractivity contribution in [2.24, 2.45) is 5.41 Å². The van der Waals surface area contributed by atoms with Crippen molar-refractivity contribution in [3.05, 3.63) is 57.1 Å². The fourth-order valence-corrected chi connectivity index (χ4v) is 4.62. The molecule has 1 spiro atoms. The topological polar surface area (TPSA) is 9.23 Å². The number of halogens is 1. The third kappa shape index (κ3) is 2.64. The number of benzene rings is 1. The predicted octanol–water partition coefficient (Wildman–Crippen LogP) is 5.24. The molecule has 2 heteroatoms. The van der Waals surface area contributed by atoms with Crippen LogP contribution in [0.15, 0.2) is 46.0 Å². The third-order valence-electron chi connectivity index (χ3n) is 5.11. The molecule has 2 unspecified atom stereocenters. The minimum atomic E-state index is 0.195. The van der Waals surface area contributed by atoms with Crippen molar-refractivity contribution in [2.75, 3.05) is 7.11 Å². The molecular formula is C19H23BrO. The van der Waals surface area contributed by atoms with E-state index in [-0.39, 0.29) is 6.10 Å². The molecule has 1 aromatic rings. The Hall–Kier alpha value is -0.860. The van der Waals surface area contributed by atoms with E-state index in [0.717, 1.165) is 12.8 Å². The zero-order valence-corrected chi connectivity index (χ0v) is 14.7. The zero-order chi connectivity index (χ0) is 15.0. The molecule has 2 aliphatic rings. The highest BCUT2D eigenvalue weighted by Crippen LogP contribution is 2.51. The van der Waals surface area contributed by atoms with Gasteiger partial charge in [-0.25, -0.2) is 0 Å². The molecule has 112 valence electrons. The number of methoxy groups -OCH3 is 1. The molecule has 1 aromatic carbocycles. The number of hydrogen-bond donors (Lipinski definition) is 0. The van der Waals surface area contributed by atoms with Crippen molar-refractivity contribution in [1.29, 1.82) is 0 Å². The van der Waals surface area contributed by atoms with E-state index in [1.165, 1.54) is 39.6 Å². The fraction of sp³-hybridized carbons (Fsp3) is 0.474. The van der Waals surface area contributed by atoms with Crippen LogP contribution in [0.5, 0.6) is 0 Å². The van der Waals surface area contributed by atoms with E-state index in [1.807, 2.05) is 7.11 Å². The quantitative estimate of drug-likeness (QED) is 0.632. The Morgan fingerprint density at radius 1 is 1.05 bits per heavy atom. The normalized spacial score (nSPS) is 32.1. The average molecular weight is 347 g/mol. The summed E-state index contributed by atoms with van der Waals surface area (Å²) in [5.74, 6) is 0. The van der Waals surface area contributed by atoms with Crippen molar-refractivity contribution in [3.8, 4) is 0 Å². The van der Waals surface area contributed by atoms with Gasteiger partial charge >= 0.3 is 0 Å². The van der Waals surface area contributed by atoms with Crippen LogP contribution in [-0.4, -0.2) is 13.2 Å². The number of fused-ring (bicyclic) bond motifs is 1. The molecule has 1 saturated carbocycles. The van der Waals surface area contributed by atoms with Crippen LogP contribution in [0.25, 0.3) is 0 Å². The lowest BCUT2D eigenvalue weighted by atomic mass is 9.67. The molecule has 21 heavy (non-hydrogen) atoms. The van der Waals surface area contributed by atoms with Crippen LogP contribution in [0.4, 0.5) is 0 Å². The Labute approximate surface area is 136 Å². The zero-order valence-electron chi connectivity index (χ0n) is 13.1. The van der Waals surface area contributed by atoms with Crippen molar-refractivity contribution in [1.82, 2.24) is 0 Å². The average Bonchev–Trinajstić information content (AvgIpc) is 2.82. The van der Waals surface area contributed by atoms with E-state index < -0.39 is 0 Å². The van der Waals surface area contributed by atoms with E-state index in [4.69, 9.17) is 4.74 Å². The van der Waals surface area contributed by atoms with Gasteiger partial charge in [-0.3, -0.25) is 0 Å². The number of hydrogen-bond acceptors (Lipinski definition) is 1. The van der Waals surface area contributed by atoms with Gasteiger partial charge < -0.3 is 4.74 Å². The van der Waals surface area contributed by atoms with Gasteiger partial charge in [0.05, 0.1) is 6.10 Å². The summed E-state index contributed by atoms with van der Waals surface area (Å²) in [7, 11) is 1.83. The Kier molecular flexibility index (Phi) is 4.11. The van der Waals surface area contributed by atoms with Gasteiger partial charge in [-0.1, -0.05) is 34.1 Å². The van der Waals surface area contributed by atoms with Gasteiger partial charge in [0.1, 0.15) is 0 Å². The predicted molar refractivity (Wildman–Crippen MR) is 91.5 cm³/mol. The summed E-state index contributed by atoms with van der Waals surface area (Å²) in [6.07, 6.45) is 9.42. The maximum atomic E-state index is 5.75. The Morgan fingerprint density at radius 3 is 2.24 bits per heavy atom. The lowest BCUT2D eigenvalue weighted by Crippen LogP contribution is -2.35. The van der Waals surface area contributed by atoms with Crippen LogP contribution < -0.4 is 0 Å². The maximum Gasteiger partial charge on any atom is 0.0992 e. The van der Waals surface area contributed by atoms with Crippen LogP contribution in [0.2, 0.25) is 0 Å². The van der Waals surface area contributed by atoms with Gasteiger partial charge in [0.25, 0.3) is 0 Å². The van der Waals surface area contributed by atoms with E-state index in [0.29, 0.717) is 5.41 Å². The molecule has 0 N–H and O–H groups in total. The molecule has 1 nitrogen and oxygen atoms in total. The summed E-state index contributed by atoms with van der Waals surface area (Å²) in [6.45, 7) is 4.29. The first-order chi connectivity index (χ1) is 10.1. The minimum absolute atomic E-state index is 0.195. The van der Waals surface area contributed by atoms with Crippen LogP contribution in [0.3, 0.4) is 0 Å². The SMILES string of the molecule is C/C=C1/CC2(C/C(=C\C)C1OC)Cc1ccc(Br)cc1C2.